The molecule has 4 nitrogen and oxygen atoms in total. The minimum atomic E-state index is -1.85. The van der Waals surface area contributed by atoms with Crippen LogP contribution < -0.4 is 9.46 Å². The van der Waals surface area contributed by atoms with Crippen LogP contribution in [0.5, 0.6) is 5.75 Å². The minimum Gasteiger partial charge on any atom is -0.491 e. The zero-order valence-electron chi connectivity index (χ0n) is 17.2. The average Bonchev–Trinajstić information content (AvgIpc) is 3.28. The highest BCUT2D eigenvalue weighted by Crippen LogP contribution is 2.38. The monoisotopic (exact) mass is 494 g/mol. The zero-order valence-corrected chi connectivity index (χ0v) is 19.6. The summed E-state index contributed by atoms with van der Waals surface area (Å²) < 4.78 is 49.1. The first-order chi connectivity index (χ1) is 15.4. The van der Waals surface area contributed by atoms with E-state index in [0.29, 0.717) is 18.3 Å². The lowest BCUT2D eigenvalue weighted by Gasteiger charge is -2.31. The molecule has 32 heavy (non-hydrogen) atoms. The van der Waals surface area contributed by atoms with E-state index in [4.69, 9.17) is 16.3 Å². The topological polar surface area (TPSA) is 51.2 Å². The molecule has 1 aliphatic carbocycles. The van der Waals surface area contributed by atoms with Gasteiger partial charge in [-0.2, -0.15) is 0 Å². The third-order valence-corrected chi connectivity index (χ3v) is 7.47. The summed E-state index contributed by atoms with van der Waals surface area (Å²) in [6.07, 6.45) is 4.09. The number of nitrogens with one attached hydrogen (secondary N) is 1. The predicted molar refractivity (Wildman–Crippen MR) is 125 cm³/mol. The molecule has 9 heteroatoms. The number of hydrogen-bond acceptors (Lipinski definition) is 4. The summed E-state index contributed by atoms with van der Waals surface area (Å²) in [4.78, 5) is 3.91. The second-order valence-corrected chi connectivity index (χ2v) is 9.90. The Balaban J connectivity index is 1.50. The van der Waals surface area contributed by atoms with Gasteiger partial charge in [0.15, 0.2) is 11.0 Å². The summed E-state index contributed by atoms with van der Waals surface area (Å²) in [5.41, 5.74) is 3.62. The summed E-state index contributed by atoms with van der Waals surface area (Å²) in [6.45, 7) is 2.44. The molecule has 3 atom stereocenters. The number of anilines is 1. The lowest BCUT2D eigenvalue weighted by molar-refractivity contribution is 0.230. The number of aromatic nitrogens is 1. The summed E-state index contributed by atoms with van der Waals surface area (Å²) in [7, 11) is -1.85. The maximum atomic E-state index is 14.7. The second-order valence-electron chi connectivity index (χ2n) is 7.60. The van der Waals surface area contributed by atoms with E-state index in [0.717, 1.165) is 30.0 Å². The van der Waals surface area contributed by atoms with Crippen molar-refractivity contribution in [3.63, 3.8) is 0 Å². The highest BCUT2D eigenvalue weighted by molar-refractivity contribution is 7.86. The van der Waals surface area contributed by atoms with Gasteiger partial charge in [0.05, 0.1) is 22.0 Å². The first-order valence-corrected chi connectivity index (χ1v) is 12.5. The zero-order chi connectivity index (χ0) is 22.7. The Labute approximate surface area is 196 Å². The van der Waals surface area contributed by atoms with Gasteiger partial charge in [-0.3, -0.25) is 4.72 Å². The normalized spacial score (nSPS) is 19.3. The van der Waals surface area contributed by atoms with E-state index in [1.807, 2.05) is 0 Å². The molecule has 0 saturated heterocycles. The molecule has 1 N–H and O–H groups in total. The molecule has 0 aliphatic heterocycles. The van der Waals surface area contributed by atoms with Crippen LogP contribution in [0.2, 0.25) is 5.02 Å². The van der Waals surface area contributed by atoms with Crippen molar-refractivity contribution in [1.82, 2.24) is 4.98 Å². The van der Waals surface area contributed by atoms with Crippen LogP contribution in [0.1, 0.15) is 25.3 Å². The van der Waals surface area contributed by atoms with Gasteiger partial charge in [0.1, 0.15) is 23.2 Å². The van der Waals surface area contributed by atoms with Gasteiger partial charge < -0.3 is 4.74 Å². The van der Waals surface area contributed by atoms with E-state index < -0.39 is 16.8 Å². The smallest absolute Gasteiger partial charge is 0.154 e. The van der Waals surface area contributed by atoms with Crippen molar-refractivity contribution in [1.29, 1.82) is 0 Å². The molecular weight excluding hydrogens is 474 g/mol. The van der Waals surface area contributed by atoms with Gasteiger partial charge in [-0.25, -0.2) is 18.0 Å². The fourth-order valence-corrected chi connectivity index (χ4v) is 5.46. The molecular formula is C23H21ClF2N2O2S2. The third-order valence-electron chi connectivity index (χ3n) is 5.48. The number of rotatable bonds is 7. The van der Waals surface area contributed by atoms with Crippen molar-refractivity contribution in [2.45, 2.75) is 24.7 Å². The molecule has 2 aromatic carbocycles. The standard InChI is InChI=1S/C23H21ClF2N2O2S2/c1-14-3-2-4-17(15-5-7-16(25)8-6-15)18(14)11-30-21-10-20(26)22(9-19(21)24)32(29)28-23-12-31-13-27-23/h4-10,12-14,18,28H,2-3,11H2,1H3. The van der Waals surface area contributed by atoms with Crippen molar-refractivity contribution < 1.29 is 17.7 Å². The third kappa shape index (κ3) is 5.19. The van der Waals surface area contributed by atoms with E-state index in [2.05, 4.69) is 22.7 Å². The van der Waals surface area contributed by atoms with Gasteiger partial charge in [-0.1, -0.05) is 36.7 Å². The first-order valence-electron chi connectivity index (χ1n) is 10.1. The SMILES string of the molecule is CC1CCC=C(c2ccc(F)cc2)C1COc1cc(F)c(S(=O)Nc2cscn2)cc1Cl. The number of allylic oxidation sites excluding steroid dienone is 1. The molecule has 0 radical (unpaired) electrons. The van der Waals surface area contributed by atoms with E-state index >= 15 is 0 Å². The number of halogens is 3. The fraction of sp³-hybridized carbons (Fsp3) is 0.261. The molecule has 1 aliphatic rings. The maximum Gasteiger partial charge on any atom is 0.154 e. The van der Waals surface area contributed by atoms with Crippen molar-refractivity contribution in [3.05, 3.63) is 75.6 Å². The van der Waals surface area contributed by atoms with Crippen molar-refractivity contribution in [3.8, 4) is 5.75 Å². The number of benzene rings is 2. The van der Waals surface area contributed by atoms with Gasteiger partial charge in [0, 0.05) is 17.4 Å². The quantitative estimate of drug-likeness (QED) is 0.396. The van der Waals surface area contributed by atoms with Crippen LogP contribution in [0.3, 0.4) is 0 Å². The first kappa shape index (κ1) is 22.9. The molecule has 1 aromatic heterocycles. The average molecular weight is 495 g/mol. The lowest BCUT2D eigenvalue weighted by Crippen LogP contribution is -2.24. The van der Waals surface area contributed by atoms with Crippen LogP contribution in [-0.4, -0.2) is 15.8 Å². The highest BCUT2D eigenvalue weighted by atomic mass is 35.5. The van der Waals surface area contributed by atoms with Gasteiger partial charge in [-0.05, 0) is 48.1 Å². The number of nitrogens with zero attached hydrogens (tertiary/aromatic N) is 1. The molecule has 0 amide bonds. The molecule has 168 valence electrons. The number of thiazole rings is 1. The van der Waals surface area contributed by atoms with Gasteiger partial charge in [-0.15, -0.1) is 11.3 Å². The Morgan fingerprint density at radius 1 is 1.28 bits per heavy atom. The van der Waals surface area contributed by atoms with Gasteiger partial charge in [0.25, 0.3) is 0 Å². The highest BCUT2D eigenvalue weighted by Gasteiger charge is 2.27. The van der Waals surface area contributed by atoms with Crippen molar-refractivity contribution >= 4 is 45.3 Å². The summed E-state index contributed by atoms with van der Waals surface area (Å²) in [5, 5.41) is 1.84. The van der Waals surface area contributed by atoms with Crippen LogP contribution in [-0.2, 0) is 11.0 Å². The number of hydrogen-bond donors (Lipinski definition) is 1. The Morgan fingerprint density at radius 3 is 2.78 bits per heavy atom. The maximum absolute atomic E-state index is 14.7. The fourth-order valence-electron chi connectivity index (χ4n) is 3.74. The molecule has 0 fully saturated rings. The summed E-state index contributed by atoms with van der Waals surface area (Å²) in [5.74, 6) is 0.00286. The van der Waals surface area contributed by atoms with Crippen LogP contribution >= 0.6 is 22.9 Å². The molecule has 3 unspecified atom stereocenters. The molecule has 4 rings (SSSR count). The predicted octanol–water partition coefficient (Wildman–Crippen LogP) is 6.72. The summed E-state index contributed by atoms with van der Waals surface area (Å²) in [6, 6.07) is 8.88. The number of ether oxygens (including phenoxy) is 1. The van der Waals surface area contributed by atoms with Crippen molar-refractivity contribution in [2.24, 2.45) is 11.8 Å². The van der Waals surface area contributed by atoms with Crippen LogP contribution in [0.15, 0.2) is 58.3 Å². The molecule has 1 heterocycles. The Bertz CT molecular complexity index is 1140. The van der Waals surface area contributed by atoms with Crippen LogP contribution in [0.25, 0.3) is 5.57 Å². The van der Waals surface area contributed by atoms with Crippen LogP contribution in [0, 0.1) is 23.5 Å². The van der Waals surface area contributed by atoms with E-state index in [-0.39, 0.29) is 27.4 Å². The van der Waals surface area contributed by atoms with E-state index in [1.165, 1.54) is 29.5 Å². The van der Waals surface area contributed by atoms with E-state index in [1.54, 1.807) is 23.0 Å². The molecule has 0 bridgehead atoms. The van der Waals surface area contributed by atoms with E-state index in [9.17, 15) is 13.0 Å². The molecule has 0 saturated carbocycles. The van der Waals surface area contributed by atoms with Gasteiger partial charge >= 0.3 is 0 Å². The second kappa shape index (κ2) is 10.1. The Morgan fingerprint density at radius 2 is 2.06 bits per heavy atom. The molecule has 3 aromatic rings. The minimum absolute atomic E-state index is 0.0495. The Kier molecular flexibility index (Phi) is 7.23. The van der Waals surface area contributed by atoms with Crippen LogP contribution in [0.4, 0.5) is 14.6 Å². The van der Waals surface area contributed by atoms with Gasteiger partial charge in [0.2, 0.25) is 0 Å². The summed E-state index contributed by atoms with van der Waals surface area (Å²) >= 11 is 7.66. The molecule has 0 spiro atoms. The van der Waals surface area contributed by atoms with Crippen molar-refractivity contribution in [2.75, 3.05) is 11.3 Å². The largest absolute Gasteiger partial charge is 0.491 e. The Hall–Kier alpha value is -2.29. The lowest BCUT2D eigenvalue weighted by atomic mass is 9.77.